The van der Waals surface area contributed by atoms with Gasteiger partial charge in [-0.15, -0.1) is 5.10 Å². The van der Waals surface area contributed by atoms with Crippen molar-refractivity contribution in [2.45, 2.75) is 34.7 Å². The number of benzene rings is 1. The van der Waals surface area contributed by atoms with Crippen molar-refractivity contribution in [3.63, 3.8) is 0 Å². The second-order valence-corrected chi connectivity index (χ2v) is 9.29. The molecule has 0 saturated carbocycles. The van der Waals surface area contributed by atoms with Crippen LogP contribution in [0, 0.1) is 28.8 Å². The first-order chi connectivity index (χ1) is 16.2. The van der Waals surface area contributed by atoms with Crippen LogP contribution in [0.2, 0.25) is 0 Å². The molecular weight excluding hydrogens is 543 g/mol. The number of aliphatic hydroxyl groups excluding tert-OH is 3. The summed E-state index contributed by atoms with van der Waals surface area (Å²) < 4.78 is 47.7. The third-order valence-corrected chi connectivity index (χ3v) is 6.84. The monoisotopic (exact) mass is 557 g/mol. The molecule has 4 rings (SSSR count). The summed E-state index contributed by atoms with van der Waals surface area (Å²) in [7, 11) is 0. The van der Waals surface area contributed by atoms with E-state index in [9.17, 15) is 28.5 Å². The molecule has 3 unspecified atom stereocenters. The molecule has 14 heteroatoms. The summed E-state index contributed by atoms with van der Waals surface area (Å²) in [5.41, 5.74) is -0.967. The van der Waals surface area contributed by atoms with Gasteiger partial charge in [-0.2, -0.15) is 5.26 Å². The summed E-state index contributed by atoms with van der Waals surface area (Å²) in [6.07, 6.45) is -1.27. The number of halogens is 4. The number of thioether (sulfide) groups is 1. The minimum absolute atomic E-state index is 0.0336. The van der Waals surface area contributed by atoms with Gasteiger partial charge in [-0.05, 0) is 34.1 Å². The molecule has 3 N–H and O–H groups in total. The maximum atomic E-state index is 13.6. The average Bonchev–Trinajstić information content (AvgIpc) is 3.29. The highest BCUT2D eigenvalue weighted by molar-refractivity contribution is 9.10. The van der Waals surface area contributed by atoms with E-state index in [0.717, 1.165) is 28.6 Å². The molecule has 34 heavy (non-hydrogen) atoms. The van der Waals surface area contributed by atoms with Crippen molar-refractivity contribution in [1.29, 1.82) is 5.26 Å². The van der Waals surface area contributed by atoms with Crippen molar-refractivity contribution < 1.29 is 33.2 Å². The second kappa shape index (κ2) is 9.98. The first-order valence-electron chi connectivity index (χ1n) is 9.65. The molecule has 0 aliphatic carbocycles. The number of rotatable bonds is 5. The van der Waals surface area contributed by atoms with E-state index in [1.807, 2.05) is 6.07 Å². The van der Waals surface area contributed by atoms with Gasteiger partial charge in [-0.3, -0.25) is 0 Å². The Labute approximate surface area is 202 Å². The number of hydrogen-bond donors (Lipinski definition) is 3. The summed E-state index contributed by atoms with van der Waals surface area (Å²) >= 11 is 4.27. The zero-order valence-corrected chi connectivity index (χ0v) is 19.3. The Morgan fingerprint density at radius 3 is 2.50 bits per heavy atom. The third kappa shape index (κ3) is 4.67. The van der Waals surface area contributed by atoms with Crippen molar-refractivity contribution in [1.82, 2.24) is 20.0 Å². The first-order valence-corrected chi connectivity index (χ1v) is 11.3. The van der Waals surface area contributed by atoms with Crippen molar-refractivity contribution in [2.75, 3.05) is 6.61 Å². The van der Waals surface area contributed by atoms with Crippen LogP contribution in [0.1, 0.15) is 11.7 Å². The highest BCUT2D eigenvalue weighted by atomic mass is 79.9. The van der Waals surface area contributed by atoms with E-state index in [-0.39, 0.29) is 17.0 Å². The number of nitrogens with zero attached hydrogens (tertiary/aromatic N) is 5. The second-order valence-electron chi connectivity index (χ2n) is 7.27. The van der Waals surface area contributed by atoms with Crippen LogP contribution in [-0.4, -0.2) is 65.7 Å². The van der Waals surface area contributed by atoms with Crippen LogP contribution in [0.15, 0.2) is 40.0 Å². The molecule has 1 fully saturated rings. The number of nitriles is 1. The summed E-state index contributed by atoms with van der Waals surface area (Å²) in [6.45, 7) is -0.577. The highest BCUT2D eigenvalue weighted by Crippen LogP contribution is 2.38. The molecule has 0 spiro atoms. The van der Waals surface area contributed by atoms with E-state index in [4.69, 9.17) is 10.00 Å². The van der Waals surface area contributed by atoms with E-state index in [2.05, 4.69) is 31.2 Å². The Morgan fingerprint density at radius 1 is 1.18 bits per heavy atom. The van der Waals surface area contributed by atoms with Gasteiger partial charge in [0, 0.05) is 16.7 Å². The Morgan fingerprint density at radius 2 is 1.88 bits per heavy atom. The van der Waals surface area contributed by atoms with Crippen molar-refractivity contribution >= 4 is 27.7 Å². The van der Waals surface area contributed by atoms with Gasteiger partial charge in [0.1, 0.15) is 41.6 Å². The summed E-state index contributed by atoms with van der Waals surface area (Å²) in [6, 6.07) is 3.84. The Bertz CT molecular complexity index is 1240. The molecule has 1 aliphatic heterocycles. The van der Waals surface area contributed by atoms with Gasteiger partial charge in [0.15, 0.2) is 23.1 Å². The largest absolute Gasteiger partial charge is 0.394 e. The van der Waals surface area contributed by atoms with Gasteiger partial charge in [0.25, 0.3) is 0 Å². The first kappa shape index (κ1) is 24.6. The minimum atomic E-state index is -1.62. The van der Waals surface area contributed by atoms with Gasteiger partial charge < -0.3 is 20.1 Å². The predicted molar refractivity (Wildman–Crippen MR) is 115 cm³/mol. The lowest BCUT2D eigenvalue weighted by atomic mass is 9.97. The summed E-state index contributed by atoms with van der Waals surface area (Å²) in [4.78, 5) is 4.52. The fourth-order valence-electron chi connectivity index (χ4n) is 3.44. The fraction of sp³-hybridized carbons (Fsp3) is 0.300. The van der Waals surface area contributed by atoms with Crippen LogP contribution in [0.5, 0.6) is 0 Å². The number of pyridine rings is 1. The zero-order chi connectivity index (χ0) is 24.6. The molecule has 5 atom stereocenters. The average molecular weight is 558 g/mol. The van der Waals surface area contributed by atoms with Crippen LogP contribution >= 0.6 is 27.7 Å². The maximum absolute atomic E-state index is 13.6. The van der Waals surface area contributed by atoms with Crippen molar-refractivity contribution in [3.05, 3.63) is 58.2 Å². The van der Waals surface area contributed by atoms with Crippen LogP contribution in [0.3, 0.4) is 0 Å². The van der Waals surface area contributed by atoms with E-state index >= 15 is 0 Å². The van der Waals surface area contributed by atoms with E-state index < -0.39 is 53.8 Å². The molecule has 1 aromatic carbocycles. The zero-order valence-electron chi connectivity index (χ0n) is 16.9. The lowest BCUT2D eigenvalue weighted by Crippen LogP contribution is -2.55. The standard InChI is InChI=1S/C20H15BrF3N5O4S/c21-10-3-9(5-26-13(10)4-25)34-20-19(32)17(18(31)15(7-30)33-20)29-6-14(27-28-29)8-1-11(22)16(24)12(23)2-8/h1-3,5-6,15,17-20,30-32H,7H2/t15?,17?,18-,19?,20+/m0/s1. The summed E-state index contributed by atoms with van der Waals surface area (Å²) in [5, 5.41) is 48.0. The fourth-order valence-corrected chi connectivity index (χ4v) is 5.09. The van der Waals surface area contributed by atoms with Crippen LogP contribution in [0.4, 0.5) is 13.2 Å². The van der Waals surface area contributed by atoms with Crippen LogP contribution in [-0.2, 0) is 4.74 Å². The predicted octanol–water partition coefficient (Wildman–Crippen LogP) is 2.16. The molecule has 3 heterocycles. The molecule has 3 aromatic rings. The Kier molecular flexibility index (Phi) is 7.22. The quantitative estimate of drug-likeness (QED) is 0.403. The van der Waals surface area contributed by atoms with Crippen molar-refractivity contribution in [2.24, 2.45) is 0 Å². The molecule has 0 amide bonds. The van der Waals surface area contributed by atoms with E-state index in [1.165, 1.54) is 12.4 Å². The van der Waals surface area contributed by atoms with Gasteiger partial charge in [0.05, 0.1) is 17.3 Å². The van der Waals surface area contributed by atoms with Crippen molar-refractivity contribution in [3.8, 4) is 17.3 Å². The van der Waals surface area contributed by atoms with Gasteiger partial charge >= 0.3 is 0 Å². The highest BCUT2D eigenvalue weighted by Gasteiger charge is 2.46. The number of hydrogen-bond acceptors (Lipinski definition) is 9. The molecule has 178 valence electrons. The lowest BCUT2D eigenvalue weighted by molar-refractivity contribution is -0.178. The molecule has 1 saturated heterocycles. The maximum Gasteiger partial charge on any atom is 0.194 e. The Balaban J connectivity index is 1.63. The van der Waals surface area contributed by atoms with Crippen LogP contribution in [0.25, 0.3) is 11.3 Å². The third-order valence-electron chi connectivity index (χ3n) is 5.12. The summed E-state index contributed by atoms with van der Waals surface area (Å²) in [5.74, 6) is -4.44. The lowest BCUT2D eigenvalue weighted by Gasteiger charge is -2.41. The molecule has 0 bridgehead atoms. The molecule has 0 radical (unpaired) electrons. The normalized spacial score (nSPS) is 24.7. The van der Waals surface area contributed by atoms with E-state index in [0.29, 0.717) is 9.37 Å². The molecule has 9 nitrogen and oxygen atoms in total. The van der Waals surface area contributed by atoms with Gasteiger partial charge in [0.2, 0.25) is 0 Å². The number of aromatic nitrogens is 4. The number of ether oxygens (including phenoxy) is 1. The molecular formula is C20H15BrF3N5O4S. The molecule has 2 aromatic heterocycles. The van der Waals surface area contributed by atoms with E-state index in [1.54, 1.807) is 6.07 Å². The minimum Gasteiger partial charge on any atom is -0.394 e. The topological polar surface area (TPSA) is 137 Å². The molecule has 1 aliphatic rings. The van der Waals surface area contributed by atoms with Gasteiger partial charge in [-0.1, -0.05) is 17.0 Å². The van der Waals surface area contributed by atoms with Crippen LogP contribution < -0.4 is 0 Å². The SMILES string of the molecule is N#Cc1ncc(S[C@H]2OC(CO)[C@H](O)C(n3cc(-c4cc(F)c(F)c(F)c4)nn3)C2O)cc1Br. The van der Waals surface area contributed by atoms with Gasteiger partial charge in [-0.25, -0.2) is 22.8 Å². The number of aliphatic hydroxyl groups is 3. The Hall–Kier alpha value is -2.54. The smallest absolute Gasteiger partial charge is 0.194 e.